The van der Waals surface area contributed by atoms with Crippen molar-refractivity contribution >= 4 is 5.97 Å². The molecule has 0 unspecified atom stereocenters. The third-order valence-electron chi connectivity index (χ3n) is 6.84. The van der Waals surface area contributed by atoms with Crippen LogP contribution in [-0.4, -0.2) is 85.1 Å². The Morgan fingerprint density at radius 3 is 2.35 bits per heavy atom. The van der Waals surface area contributed by atoms with Gasteiger partial charge in [-0.2, -0.15) is 0 Å². The summed E-state index contributed by atoms with van der Waals surface area (Å²) in [4.78, 5) is 13.0. The van der Waals surface area contributed by atoms with E-state index in [-0.39, 0.29) is 35.0 Å². The molecule has 40 heavy (non-hydrogen) atoms. The Kier molecular flexibility index (Phi) is 7.70. The Hall–Kier alpha value is -4.07. The van der Waals surface area contributed by atoms with Crippen molar-refractivity contribution in [1.29, 1.82) is 0 Å². The third kappa shape index (κ3) is 5.35. The molecule has 3 aromatic rings. The minimum absolute atomic E-state index is 0.0206. The molecule has 12 heteroatoms. The van der Waals surface area contributed by atoms with Crippen LogP contribution in [0, 0.1) is 0 Å². The molecule has 212 valence electrons. The Bertz CT molecular complexity index is 1360. The lowest BCUT2D eigenvalue weighted by atomic mass is 9.93. The van der Waals surface area contributed by atoms with Gasteiger partial charge in [-0.15, -0.1) is 0 Å². The number of rotatable bonds is 6. The summed E-state index contributed by atoms with van der Waals surface area (Å²) in [5.74, 6) is -1.62. The molecule has 0 amide bonds. The van der Waals surface area contributed by atoms with E-state index in [0.717, 1.165) is 0 Å². The van der Waals surface area contributed by atoms with E-state index >= 15 is 0 Å². The number of ether oxygens (including phenoxy) is 4. The van der Waals surface area contributed by atoms with Crippen molar-refractivity contribution in [3.05, 3.63) is 77.4 Å². The zero-order chi connectivity index (χ0) is 28.6. The number of hydrogen-bond donors (Lipinski definition) is 7. The second-order valence-corrected chi connectivity index (χ2v) is 9.54. The Balaban J connectivity index is 1.50. The first-order chi connectivity index (χ1) is 19.2. The van der Waals surface area contributed by atoms with Gasteiger partial charge in [-0.05, 0) is 24.3 Å². The predicted octanol–water partition coefficient (Wildman–Crippen LogP) is 0.884. The summed E-state index contributed by atoms with van der Waals surface area (Å²) in [6.45, 7) is -0.662. The van der Waals surface area contributed by atoms with Crippen LogP contribution in [0.4, 0.5) is 0 Å². The smallest absolute Gasteiger partial charge is 0.338 e. The van der Waals surface area contributed by atoms with Gasteiger partial charge in [0.1, 0.15) is 47.8 Å². The quantitative estimate of drug-likeness (QED) is 0.168. The van der Waals surface area contributed by atoms with Crippen LogP contribution in [0.15, 0.2) is 60.7 Å². The predicted molar refractivity (Wildman–Crippen MR) is 135 cm³/mol. The molecule has 1 saturated heterocycles. The van der Waals surface area contributed by atoms with Crippen molar-refractivity contribution in [3.63, 3.8) is 0 Å². The molecule has 0 aliphatic carbocycles. The number of fused-ring (bicyclic) bond motifs is 1. The normalized spacial score (nSPS) is 27.8. The van der Waals surface area contributed by atoms with Crippen LogP contribution in [-0.2, 0) is 15.9 Å². The van der Waals surface area contributed by atoms with E-state index in [1.54, 1.807) is 30.3 Å². The summed E-state index contributed by atoms with van der Waals surface area (Å²) in [7, 11) is 0. The van der Waals surface area contributed by atoms with Gasteiger partial charge in [0.15, 0.2) is 17.6 Å². The van der Waals surface area contributed by atoms with Crippen molar-refractivity contribution in [3.8, 4) is 28.7 Å². The Labute approximate surface area is 227 Å². The highest BCUT2D eigenvalue weighted by Crippen LogP contribution is 2.45. The lowest BCUT2D eigenvalue weighted by molar-refractivity contribution is -0.277. The van der Waals surface area contributed by atoms with Crippen LogP contribution in [0.25, 0.3) is 0 Å². The summed E-state index contributed by atoms with van der Waals surface area (Å²) < 4.78 is 23.2. The fraction of sp³-hybridized carbons (Fsp3) is 0.321. The van der Waals surface area contributed by atoms with Crippen molar-refractivity contribution in [2.75, 3.05) is 6.61 Å². The van der Waals surface area contributed by atoms with Gasteiger partial charge in [0, 0.05) is 29.7 Å². The number of aromatic hydroxyl groups is 3. The van der Waals surface area contributed by atoms with Crippen LogP contribution < -0.4 is 9.47 Å². The number of carbonyl (C=O) groups excluding carboxylic acids is 1. The van der Waals surface area contributed by atoms with Gasteiger partial charge < -0.3 is 54.7 Å². The zero-order valence-corrected chi connectivity index (χ0v) is 20.9. The van der Waals surface area contributed by atoms with Crippen LogP contribution in [0.2, 0.25) is 0 Å². The number of carbonyl (C=O) groups is 1. The molecule has 2 aliphatic heterocycles. The first-order valence-corrected chi connectivity index (χ1v) is 12.4. The average molecular weight is 557 g/mol. The summed E-state index contributed by atoms with van der Waals surface area (Å²) in [5.41, 5.74) is 0.968. The maximum Gasteiger partial charge on any atom is 0.338 e. The van der Waals surface area contributed by atoms with Gasteiger partial charge in [-0.25, -0.2) is 4.79 Å². The number of esters is 1. The molecule has 2 aliphatic rings. The van der Waals surface area contributed by atoms with E-state index in [1.165, 1.54) is 30.3 Å². The Morgan fingerprint density at radius 1 is 0.900 bits per heavy atom. The highest BCUT2D eigenvalue weighted by Gasteiger charge is 2.45. The van der Waals surface area contributed by atoms with Crippen molar-refractivity contribution in [1.82, 2.24) is 0 Å². The van der Waals surface area contributed by atoms with E-state index in [0.29, 0.717) is 11.1 Å². The molecule has 0 radical (unpaired) electrons. The molecule has 0 spiro atoms. The van der Waals surface area contributed by atoms with Gasteiger partial charge in [0.05, 0.1) is 12.2 Å². The van der Waals surface area contributed by atoms with E-state index in [4.69, 9.17) is 18.9 Å². The highest BCUT2D eigenvalue weighted by molar-refractivity contribution is 5.89. The Morgan fingerprint density at radius 2 is 1.65 bits per heavy atom. The summed E-state index contributed by atoms with van der Waals surface area (Å²) in [5, 5.41) is 70.4. The molecule has 7 atom stereocenters. The zero-order valence-electron chi connectivity index (χ0n) is 20.9. The van der Waals surface area contributed by atoms with Crippen molar-refractivity contribution in [2.24, 2.45) is 0 Å². The van der Waals surface area contributed by atoms with E-state index < -0.39 is 61.2 Å². The van der Waals surface area contributed by atoms with Crippen LogP contribution in [0.5, 0.6) is 28.7 Å². The van der Waals surface area contributed by atoms with Gasteiger partial charge in [-0.3, -0.25) is 0 Å². The van der Waals surface area contributed by atoms with Crippen LogP contribution in [0.3, 0.4) is 0 Å². The molecule has 2 heterocycles. The number of hydrogen-bond acceptors (Lipinski definition) is 12. The molecule has 5 rings (SSSR count). The average Bonchev–Trinajstić information content (AvgIpc) is 2.95. The molecule has 12 nitrogen and oxygen atoms in total. The second-order valence-electron chi connectivity index (χ2n) is 9.54. The maximum absolute atomic E-state index is 13.0. The molecule has 7 N–H and O–H groups in total. The number of benzene rings is 3. The van der Waals surface area contributed by atoms with Crippen molar-refractivity contribution < 1.29 is 59.5 Å². The largest absolute Gasteiger partial charge is 0.508 e. The molecule has 0 saturated carbocycles. The van der Waals surface area contributed by atoms with Gasteiger partial charge in [-0.1, -0.05) is 24.3 Å². The SMILES string of the molecule is O=C(O[C@H]1Cc2c(O[C@@H]3O[C@@H](CO)[C@@H](O)[C@H](O)[C@@H]3O)cc(O)cc2O[C@H]1c1ccc(O)c(O)c1)c1ccccc1. The molecular weight excluding hydrogens is 528 g/mol. The highest BCUT2D eigenvalue weighted by atomic mass is 16.7. The number of phenolic OH excluding ortho intramolecular Hbond substituents is 3. The minimum atomic E-state index is -1.71. The lowest BCUT2D eigenvalue weighted by Gasteiger charge is -2.40. The summed E-state index contributed by atoms with van der Waals surface area (Å²) >= 11 is 0. The molecule has 0 bridgehead atoms. The number of phenols is 3. The molecule has 1 fully saturated rings. The number of aliphatic hydroxyl groups is 4. The van der Waals surface area contributed by atoms with Crippen LogP contribution in [0.1, 0.15) is 27.6 Å². The van der Waals surface area contributed by atoms with Crippen LogP contribution >= 0.6 is 0 Å². The van der Waals surface area contributed by atoms with Gasteiger partial charge in [0.25, 0.3) is 0 Å². The third-order valence-corrected chi connectivity index (χ3v) is 6.84. The van der Waals surface area contributed by atoms with E-state index in [2.05, 4.69) is 0 Å². The minimum Gasteiger partial charge on any atom is -0.508 e. The monoisotopic (exact) mass is 556 g/mol. The summed E-state index contributed by atoms with van der Waals surface area (Å²) in [6, 6.07) is 14.8. The fourth-order valence-corrected chi connectivity index (χ4v) is 4.71. The molecular formula is C28H28O12. The first-order valence-electron chi connectivity index (χ1n) is 12.4. The fourth-order valence-electron chi connectivity index (χ4n) is 4.71. The van der Waals surface area contributed by atoms with E-state index in [9.17, 15) is 40.5 Å². The first kappa shape index (κ1) is 27.5. The molecule has 0 aromatic heterocycles. The second kappa shape index (κ2) is 11.2. The standard InChI is InChI=1S/C28H28O12/c29-12-22-23(33)24(34)25(35)28(40-22)39-20-10-15(30)9-19-16(20)11-21(38-27(36)13-4-2-1-3-5-13)26(37-19)14-6-7-17(31)18(32)8-14/h1-10,21-26,28-35H,11-12H2/t21-,22-,23+,24-,25-,26-,28+/m0/s1. The summed E-state index contributed by atoms with van der Waals surface area (Å²) in [6.07, 6.45) is -9.75. The topological polar surface area (TPSA) is 196 Å². The number of aliphatic hydroxyl groups excluding tert-OH is 4. The lowest BCUT2D eigenvalue weighted by Crippen LogP contribution is -2.60. The molecule has 3 aromatic carbocycles. The van der Waals surface area contributed by atoms with Crippen molar-refractivity contribution in [2.45, 2.75) is 49.3 Å². The maximum atomic E-state index is 13.0. The van der Waals surface area contributed by atoms with E-state index in [1.807, 2.05) is 0 Å². The van der Waals surface area contributed by atoms with Gasteiger partial charge >= 0.3 is 5.97 Å². The van der Waals surface area contributed by atoms with Gasteiger partial charge in [0.2, 0.25) is 6.29 Å².